The standard InChI is InChI=1S/C33H46N4O6S/c1-20-22(16-13-17-23(20)35-30(42)43-32(5,6)7)27(39)34-24(18-21-14-11-10-12-15-21)25(38)29(41)37-19-44-33(8,9)26(37)28(40)36-31(2,3)4/h10-17,24-26,38H,18-19H2,1-9H3,(H,34,39)(H,35,42)(H,36,40)/t24-,25-,26+/m0/s1. The van der Waals surface area contributed by atoms with Gasteiger partial charge in [0, 0.05) is 21.5 Å². The number of carbonyl (C=O) groups excluding carboxylic acids is 4. The molecule has 0 aliphatic carbocycles. The SMILES string of the molecule is Cc1c(NC(=O)OC(C)(C)C)cccc1C(=O)N[C@@H](Cc1ccccc1)[C@H](O)C(=O)N1CSC(C)(C)[C@H]1C(=O)NC(C)(C)C. The topological polar surface area (TPSA) is 137 Å². The van der Waals surface area contributed by atoms with Crippen LogP contribution < -0.4 is 16.0 Å². The number of ether oxygens (including phenoxy) is 1. The van der Waals surface area contributed by atoms with Gasteiger partial charge in [-0.2, -0.15) is 0 Å². The number of nitrogens with zero attached hydrogens (tertiary/aromatic N) is 1. The van der Waals surface area contributed by atoms with Gasteiger partial charge in [0.2, 0.25) is 5.91 Å². The Labute approximate surface area is 264 Å². The average molecular weight is 627 g/mol. The van der Waals surface area contributed by atoms with Crippen LogP contribution in [0.15, 0.2) is 48.5 Å². The predicted octanol–water partition coefficient (Wildman–Crippen LogP) is 4.64. The summed E-state index contributed by atoms with van der Waals surface area (Å²) in [4.78, 5) is 54.7. The van der Waals surface area contributed by atoms with Crippen LogP contribution in [0.1, 0.15) is 76.9 Å². The van der Waals surface area contributed by atoms with Crippen molar-refractivity contribution < 1.29 is 29.0 Å². The molecule has 1 fully saturated rings. The molecular formula is C33H46N4O6S. The molecule has 1 aliphatic heterocycles. The third-order valence-electron chi connectivity index (χ3n) is 7.04. The largest absolute Gasteiger partial charge is 0.444 e. The Balaban J connectivity index is 1.89. The molecule has 10 nitrogen and oxygen atoms in total. The summed E-state index contributed by atoms with van der Waals surface area (Å²) in [5, 5.41) is 20.0. The number of hydrogen-bond donors (Lipinski definition) is 4. The van der Waals surface area contributed by atoms with Gasteiger partial charge in [-0.3, -0.25) is 19.7 Å². The van der Waals surface area contributed by atoms with Crippen LogP contribution in [-0.4, -0.2) is 73.8 Å². The molecule has 0 aromatic heterocycles. The third-order valence-corrected chi connectivity index (χ3v) is 8.41. The second-order valence-corrected chi connectivity index (χ2v) is 15.2. The van der Waals surface area contributed by atoms with Crippen LogP contribution in [0.25, 0.3) is 0 Å². The highest BCUT2D eigenvalue weighted by atomic mass is 32.2. The molecule has 0 saturated carbocycles. The van der Waals surface area contributed by atoms with E-state index in [1.54, 1.807) is 45.9 Å². The molecule has 4 amide bonds. The van der Waals surface area contributed by atoms with E-state index in [9.17, 15) is 24.3 Å². The number of thioether (sulfide) groups is 1. The van der Waals surface area contributed by atoms with Gasteiger partial charge in [-0.25, -0.2) is 4.79 Å². The number of aliphatic hydroxyl groups is 1. The second kappa shape index (κ2) is 13.6. The lowest BCUT2D eigenvalue weighted by Crippen LogP contribution is -2.60. The first kappa shape index (κ1) is 34.9. The summed E-state index contributed by atoms with van der Waals surface area (Å²) in [6, 6.07) is 12.3. The number of hydrogen-bond acceptors (Lipinski definition) is 7. The van der Waals surface area contributed by atoms with E-state index >= 15 is 0 Å². The molecule has 0 spiro atoms. The molecule has 0 bridgehead atoms. The van der Waals surface area contributed by atoms with Crippen molar-refractivity contribution in [1.82, 2.24) is 15.5 Å². The number of benzene rings is 2. The summed E-state index contributed by atoms with van der Waals surface area (Å²) in [6.07, 6.45) is -2.13. The first-order valence-corrected chi connectivity index (χ1v) is 15.7. The maximum Gasteiger partial charge on any atom is 0.412 e. The predicted molar refractivity (Wildman–Crippen MR) is 174 cm³/mol. The summed E-state index contributed by atoms with van der Waals surface area (Å²) in [6.45, 7) is 16.4. The quantitative estimate of drug-likeness (QED) is 0.335. The highest BCUT2D eigenvalue weighted by Crippen LogP contribution is 2.40. The normalized spacial score (nSPS) is 17.8. The van der Waals surface area contributed by atoms with Crippen LogP contribution in [0.3, 0.4) is 0 Å². The van der Waals surface area contributed by atoms with E-state index in [-0.39, 0.29) is 23.8 Å². The molecule has 1 saturated heterocycles. The zero-order chi connectivity index (χ0) is 33.0. The lowest BCUT2D eigenvalue weighted by molar-refractivity contribution is -0.147. The molecule has 240 valence electrons. The van der Waals surface area contributed by atoms with Gasteiger partial charge in [0.15, 0.2) is 6.10 Å². The van der Waals surface area contributed by atoms with Crippen LogP contribution in [-0.2, 0) is 20.7 Å². The van der Waals surface area contributed by atoms with Crippen molar-refractivity contribution in [2.75, 3.05) is 11.2 Å². The molecule has 2 aromatic rings. The van der Waals surface area contributed by atoms with Crippen molar-refractivity contribution in [3.05, 3.63) is 65.2 Å². The average Bonchev–Trinajstić information content (AvgIpc) is 3.22. The van der Waals surface area contributed by atoms with Crippen molar-refractivity contribution in [3.63, 3.8) is 0 Å². The molecule has 0 radical (unpaired) electrons. The van der Waals surface area contributed by atoms with Gasteiger partial charge < -0.3 is 25.4 Å². The van der Waals surface area contributed by atoms with Gasteiger partial charge in [0.1, 0.15) is 11.6 Å². The fourth-order valence-corrected chi connectivity index (χ4v) is 6.12. The van der Waals surface area contributed by atoms with Gasteiger partial charge in [0.05, 0.1) is 11.9 Å². The monoisotopic (exact) mass is 626 g/mol. The summed E-state index contributed by atoms with van der Waals surface area (Å²) < 4.78 is 4.75. The highest BCUT2D eigenvalue weighted by molar-refractivity contribution is 8.00. The second-order valence-electron chi connectivity index (χ2n) is 13.6. The van der Waals surface area contributed by atoms with Crippen LogP contribution in [0, 0.1) is 6.92 Å². The molecule has 11 heteroatoms. The van der Waals surface area contributed by atoms with Gasteiger partial charge in [0.25, 0.3) is 11.8 Å². The molecule has 4 N–H and O–H groups in total. The minimum absolute atomic E-state index is 0.164. The fourth-order valence-electron chi connectivity index (χ4n) is 4.98. The number of nitrogens with one attached hydrogen (secondary N) is 3. The molecule has 44 heavy (non-hydrogen) atoms. The smallest absolute Gasteiger partial charge is 0.412 e. The summed E-state index contributed by atoms with van der Waals surface area (Å²) >= 11 is 1.45. The van der Waals surface area contributed by atoms with E-state index in [2.05, 4.69) is 16.0 Å². The first-order chi connectivity index (χ1) is 20.3. The first-order valence-electron chi connectivity index (χ1n) is 14.7. The Morgan fingerprint density at radius 1 is 1.02 bits per heavy atom. The molecule has 3 atom stereocenters. The Bertz CT molecular complexity index is 1370. The van der Waals surface area contributed by atoms with E-state index < -0.39 is 52.0 Å². The van der Waals surface area contributed by atoms with Gasteiger partial charge in [-0.1, -0.05) is 36.4 Å². The zero-order valence-electron chi connectivity index (χ0n) is 27.1. The minimum Gasteiger partial charge on any atom is -0.444 e. The Hall–Kier alpha value is -3.57. The minimum atomic E-state index is -1.64. The summed E-state index contributed by atoms with van der Waals surface area (Å²) in [5.41, 5.74) is 0.744. The fraction of sp³-hybridized carbons (Fsp3) is 0.515. The molecule has 1 aliphatic rings. The molecule has 1 heterocycles. The van der Waals surface area contributed by atoms with Gasteiger partial charge >= 0.3 is 6.09 Å². The Morgan fingerprint density at radius 3 is 2.25 bits per heavy atom. The van der Waals surface area contributed by atoms with Crippen molar-refractivity contribution >= 4 is 41.3 Å². The lowest BCUT2D eigenvalue weighted by atomic mass is 9.96. The molecule has 0 unspecified atom stereocenters. The number of rotatable bonds is 8. The summed E-state index contributed by atoms with van der Waals surface area (Å²) in [5.74, 6) is -1.26. The van der Waals surface area contributed by atoms with Gasteiger partial charge in [-0.15, -0.1) is 11.8 Å². The van der Waals surface area contributed by atoms with Crippen LogP contribution in [0.4, 0.5) is 10.5 Å². The molecule has 2 aromatic carbocycles. The number of amides is 4. The zero-order valence-corrected chi connectivity index (χ0v) is 27.9. The van der Waals surface area contributed by atoms with Crippen molar-refractivity contribution in [3.8, 4) is 0 Å². The third kappa shape index (κ3) is 9.22. The van der Waals surface area contributed by atoms with Crippen molar-refractivity contribution in [2.24, 2.45) is 0 Å². The van der Waals surface area contributed by atoms with Crippen LogP contribution in [0.2, 0.25) is 0 Å². The van der Waals surface area contributed by atoms with Gasteiger partial charge in [-0.05, 0) is 92.0 Å². The van der Waals surface area contributed by atoms with Crippen LogP contribution >= 0.6 is 11.8 Å². The van der Waals surface area contributed by atoms with Crippen molar-refractivity contribution in [1.29, 1.82) is 0 Å². The van der Waals surface area contributed by atoms with E-state index in [4.69, 9.17) is 4.74 Å². The van der Waals surface area contributed by atoms with Crippen LogP contribution in [0.5, 0.6) is 0 Å². The van der Waals surface area contributed by atoms with Crippen molar-refractivity contribution in [2.45, 2.75) is 103 Å². The molecule has 3 rings (SSSR count). The van der Waals surface area contributed by atoms with E-state index in [1.165, 1.54) is 16.7 Å². The van der Waals surface area contributed by atoms with E-state index in [0.717, 1.165) is 5.56 Å². The maximum absolute atomic E-state index is 13.9. The Kier molecular flexibility index (Phi) is 10.8. The number of aliphatic hydroxyl groups excluding tert-OH is 1. The highest BCUT2D eigenvalue weighted by Gasteiger charge is 2.50. The number of anilines is 1. The lowest BCUT2D eigenvalue weighted by Gasteiger charge is -2.35. The maximum atomic E-state index is 13.9. The number of carbonyl (C=O) groups is 4. The molecular weight excluding hydrogens is 580 g/mol. The van der Waals surface area contributed by atoms with E-state index in [0.29, 0.717) is 11.3 Å². The van der Waals surface area contributed by atoms with E-state index in [1.807, 2.05) is 65.0 Å². The Morgan fingerprint density at radius 2 is 1.66 bits per heavy atom. The summed E-state index contributed by atoms with van der Waals surface area (Å²) in [7, 11) is 0.